The van der Waals surface area contributed by atoms with E-state index in [0.29, 0.717) is 37.7 Å². The van der Waals surface area contributed by atoms with Crippen LogP contribution in [0.25, 0.3) is 16.9 Å². The first kappa shape index (κ1) is 18.3. The van der Waals surface area contributed by atoms with Crippen molar-refractivity contribution in [3.05, 3.63) is 59.3 Å². The van der Waals surface area contributed by atoms with Gasteiger partial charge < -0.3 is 9.64 Å². The molecule has 28 heavy (non-hydrogen) atoms. The summed E-state index contributed by atoms with van der Waals surface area (Å²) in [5, 5.41) is 4.62. The Morgan fingerprint density at radius 3 is 2.57 bits per heavy atom. The lowest BCUT2D eigenvalue weighted by atomic mass is 10.1. The highest BCUT2D eigenvalue weighted by Gasteiger charge is 2.21. The number of morpholine rings is 1. The summed E-state index contributed by atoms with van der Waals surface area (Å²) in [7, 11) is 0. The number of aryl methyl sites for hydroxylation is 3. The fourth-order valence-corrected chi connectivity index (χ4v) is 3.43. The highest BCUT2D eigenvalue weighted by atomic mass is 16.5. The first-order valence-electron chi connectivity index (χ1n) is 9.36. The van der Waals surface area contributed by atoms with Gasteiger partial charge in [-0.3, -0.25) is 9.78 Å². The maximum Gasteiger partial charge on any atom is 0.274 e. The second-order valence-electron chi connectivity index (χ2n) is 7.05. The molecule has 0 saturated carbocycles. The van der Waals surface area contributed by atoms with Gasteiger partial charge in [-0.2, -0.15) is 5.10 Å². The maximum atomic E-state index is 12.8. The topological polar surface area (TPSA) is 73.1 Å². The minimum absolute atomic E-state index is 0.113. The van der Waals surface area contributed by atoms with Crippen molar-refractivity contribution in [1.29, 1.82) is 0 Å². The fraction of sp³-hybridized carbons (Fsp3) is 0.333. The third-order valence-corrected chi connectivity index (χ3v) is 4.82. The van der Waals surface area contributed by atoms with Crippen LogP contribution in [-0.4, -0.2) is 56.9 Å². The Bertz CT molecular complexity index is 1020. The first-order chi connectivity index (χ1) is 13.5. The number of carbonyl (C=O) groups is 1. The van der Waals surface area contributed by atoms with Gasteiger partial charge >= 0.3 is 0 Å². The number of benzene rings is 1. The summed E-state index contributed by atoms with van der Waals surface area (Å²) in [6.45, 7) is 8.30. The molecule has 1 aromatic carbocycles. The lowest BCUT2D eigenvalue weighted by molar-refractivity contribution is 0.0299. The van der Waals surface area contributed by atoms with E-state index in [0.717, 1.165) is 28.2 Å². The van der Waals surface area contributed by atoms with Crippen molar-refractivity contribution in [3.8, 4) is 16.9 Å². The van der Waals surface area contributed by atoms with Gasteiger partial charge in [-0.1, -0.05) is 12.1 Å². The van der Waals surface area contributed by atoms with E-state index in [2.05, 4.69) is 21.1 Å². The second-order valence-corrected chi connectivity index (χ2v) is 7.05. The Hall–Kier alpha value is -3.06. The number of hydrogen-bond acceptors (Lipinski definition) is 5. The predicted octanol–water partition coefficient (Wildman–Crippen LogP) is 2.73. The van der Waals surface area contributed by atoms with E-state index in [-0.39, 0.29) is 5.91 Å². The molecule has 144 valence electrons. The van der Waals surface area contributed by atoms with Gasteiger partial charge in [0.2, 0.25) is 0 Å². The molecule has 0 bridgehead atoms. The minimum Gasteiger partial charge on any atom is -0.378 e. The first-order valence-corrected chi connectivity index (χ1v) is 9.36. The van der Waals surface area contributed by atoms with Crippen LogP contribution in [0.3, 0.4) is 0 Å². The van der Waals surface area contributed by atoms with Gasteiger partial charge in [-0.05, 0) is 38.5 Å². The summed E-state index contributed by atoms with van der Waals surface area (Å²) >= 11 is 0. The molecule has 3 aromatic rings. The highest BCUT2D eigenvalue weighted by Crippen LogP contribution is 2.27. The third kappa shape index (κ3) is 3.53. The average Bonchev–Trinajstić information content (AvgIpc) is 3.06. The summed E-state index contributed by atoms with van der Waals surface area (Å²) in [6, 6.07) is 8.15. The van der Waals surface area contributed by atoms with E-state index in [1.54, 1.807) is 11.1 Å². The van der Waals surface area contributed by atoms with Crippen molar-refractivity contribution in [1.82, 2.24) is 24.6 Å². The number of amides is 1. The molecule has 0 unspecified atom stereocenters. The van der Waals surface area contributed by atoms with E-state index in [9.17, 15) is 4.79 Å². The van der Waals surface area contributed by atoms with E-state index in [1.807, 2.05) is 43.7 Å². The average molecular weight is 377 g/mol. The summed E-state index contributed by atoms with van der Waals surface area (Å²) in [5.74, 6) is -0.113. The minimum atomic E-state index is -0.113. The summed E-state index contributed by atoms with van der Waals surface area (Å²) in [5.41, 5.74) is 5.93. The fourth-order valence-electron chi connectivity index (χ4n) is 3.43. The monoisotopic (exact) mass is 377 g/mol. The second kappa shape index (κ2) is 7.52. The van der Waals surface area contributed by atoms with E-state index in [4.69, 9.17) is 4.74 Å². The van der Waals surface area contributed by atoms with Crippen molar-refractivity contribution in [3.63, 3.8) is 0 Å². The number of aromatic nitrogens is 4. The molecule has 0 radical (unpaired) electrons. The van der Waals surface area contributed by atoms with Crippen molar-refractivity contribution in [2.75, 3.05) is 26.3 Å². The lowest BCUT2D eigenvalue weighted by Crippen LogP contribution is -2.41. The molecule has 0 aliphatic carbocycles. The van der Waals surface area contributed by atoms with Crippen molar-refractivity contribution in [2.24, 2.45) is 0 Å². The van der Waals surface area contributed by atoms with E-state index in [1.165, 1.54) is 6.20 Å². The van der Waals surface area contributed by atoms with Crippen LogP contribution < -0.4 is 0 Å². The van der Waals surface area contributed by atoms with Crippen LogP contribution in [0, 0.1) is 20.8 Å². The molecule has 7 heteroatoms. The lowest BCUT2D eigenvalue weighted by Gasteiger charge is -2.26. The van der Waals surface area contributed by atoms with Gasteiger partial charge in [-0.15, -0.1) is 0 Å². The molecule has 1 amide bonds. The molecule has 1 saturated heterocycles. The Balaban J connectivity index is 1.76. The van der Waals surface area contributed by atoms with Crippen LogP contribution >= 0.6 is 0 Å². The Morgan fingerprint density at radius 2 is 1.86 bits per heavy atom. The zero-order valence-electron chi connectivity index (χ0n) is 16.3. The number of rotatable bonds is 3. The van der Waals surface area contributed by atoms with Gasteiger partial charge in [0.25, 0.3) is 5.91 Å². The van der Waals surface area contributed by atoms with Crippen LogP contribution in [0.2, 0.25) is 0 Å². The molecule has 2 aromatic heterocycles. The number of hydrogen-bond donors (Lipinski definition) is 0. The maximum absolute atomic E-state index is 12.8. The number of ether oxygens (including phenoxy) is 1. The van der Waals surface area contributed by atoms with Crippen molar-refractivity contribution in [2.45, 2.75) is 20.8 Å². The van der Waals surface area contributed by atoms with Crippen LogP contribution in [-0.2, 0) is 4.74 Å². The van der Waals surface area contributed by atoms with E-state index < -0.39 is 0 Å². The normalized spacial score (nSPS) is 14.3. The van der Waals surface area contributed by atoms with E-state index >= 15 is 0 Å². The van der Waals surface area contributed by atoms with Gasteiger partial charge in [0.1, 0.15) is 5.69 Å². The zero-order chi connectivity index (χ0) is 19.7. The molecule has 1 aliphatic heterocycles. The quantitative estimate of drug-likeness (QED) is 0.702. The molecule has 3 heterocycles. The molecule has 0 atom stereocenters. The van der Waals surface area contributed by atoms with Crippen LogP contribution in [0.4, 0.5) is 0 Å². The third-order valence-electron chi connectivity index (χ3n) is 4.82. The van der Waals surface area contributed by atoms with Gasteiger partial charge in [-0.25, -0.2) is 9.67 Å². The van der Waals surface area contributed by atoms with Crippen LogP contribution in [0.5, 0.6) is 0 Å². The summed E-state index contributed by atoms with van der Waals surface area (Å²) in [6.07, 6.45) is 3.22. The number of carbonyl (C=O) groups excluding carboxylic acids is 1. The Kier molecular flexibility index (Phi) is 4.92. The molecule has 1 aliphatic rings. The molecule has 0 spiro atoms. The molecular weight excluding hydrogens is 354 g/mol. The summed E-state index contributed by atoms with van der Waals surface area (Å²) < 4.78 is 7.24. The predicted molar refractivity (Wildman–Crippen MR) is 106 cm³/mol. The Labute approximate surface area is 164 Å². The van der Waals surface area contributed by atoms with Gasteiger partial charge in [0, 0.05) is 24.3 Å². The molecule has 4 rings (SSSR count). The zero-order valence-corrected chi connectivity index (χ0v) is 16.3. The van der Waals surface area contributed by atoms with Gasteiger partial charge in [0.15, 0.2) is 0 Å². The smallest absolute Gasteiger partial charge is 0.274 e. The van der Waals surface area contributed by atoms with Crippen molar-refractivity contribution < 1.29 is 9.53 Å². The van der Waals surface area contributed by atoms with Crippen LogP contribution in [0.1, 0.15) is 27.4 Å². The summed E-state index contributed by atoms with van der Waals surface area (Å²) in [4.78, 5) is 23.5. The molecular formula is C21H23N5O2. The molecule has 0 N–H and O–H groups in total. The van der Waals surface area contributed by atoms with Crippen molar-refractivity contribution >= 4 is 5.91 Å². The molecule has 1 fully saturated rings. The highest BCUT2D eigenvalue weighted by molar-refractivity contribution is 5.92. The molecule has 7 nitrogen and oxygen atoms in total. The Morgan fingerprint density at radius 1 is 1.07 bits per heavy atom. The van der Waals surface area contributed by atoms with Gasteiger partial charge in [0.05, 0.1) is 42.7 Å². The van der Waals surface area contributed by atoms with Crippen LogP contribution in [0.15, 0.2) is 36.7 Å². The standard InChI is InChI=1S/C21H23N5O2/c1-14-4-5-17(20(10-14)26-16(3)11-15(2)24-26)18-12-22-13-19(23-18)21(27)25-6-8-28-9-7-25/h4-5,10-13H,6-9H2,1-3H3. The largest absolute Gasteiger partial charge is 0.378 e. The SMILES string of the molecule is Cc1ccc(-c2cncc(C(=O)N3CCOCC3)n2)c(-n2nc(C)cc2C)c1. The number of nitrogens with zero attached hydrogens (tertiary/aromatic N) is 5.